The number of amides is 1. The van der Waals surface area contributed by atoms with Crippen molar-refractivity contribution in [2.75, 3.05) is 5.75 Å². The monoisotopic (exact) mass is 539 g/mol. The molecule has 1 aromatic heterocycles. The van der Waals surface area contributed by atoms with E-state index in [2.05, 4.69) is 20.7 Å². The Morgan fingerprint density at radius 1 is 0.895 bits per heavy atom. The van der Waals surface area contributed by atoms with E-state index in [-0.39, 0.29) is 11.7 Å². The van der Waals surface area contributed by atoms with Gasteiger partial charge in [0.15, 0.2) is 11.0 Å². The van der Waals surface area contributed by atoms with E-state index in [9.17, 15) is 4.79 Å². The first-order chi connectivity index (χ1) is 18.7. The minimum Gasteiger partial charge on any atom is -0.457 e. The minimum atomic E-state index is -0.269. The zero-order valence-corrected chi connectivity index (χ0v) is 21.6. The van der Waals surface area contributed by atoms with Crippen LogP contribution in [0.4, 0.5) is 0 Å². The lowest BCUT2D eigenvalue weighted by atomic mass is 10.2. The average Bonchev–Trinajstić information content (AvgIpc) is 3.38. The van der Waals surface area contributed by atoms with Gasteiger partial charge in [0.2, 0.25) is 0 Å². The van der Waals surface area contributed by atoms with E-state index in [1.54, 1.807) is 18.3 Å². The molecule has 4 aromatic carbocycles. The van der Waals surface area contributed by atoms with E-state index in [1.165, 1.54) is 11.8 Å². The number of halogens is 1. The van der Waals surface area contributed by atoms with Gasteiger partial charge in [0, 0.05) is 16.3 Å². The number of hydrazone groups is 1. The Balaban J connectivity index is 1.24. The Kier molecular flexibility index (Phi) is 8.13. The van der Waals surface area contributed by atoms with E-state index in [4.69, 9.17) is 16.3 Å². The van der Waals surface area contributed by atoms with Crippen LogP contribution in [0.1, 0.15) is 5.56 Å². The van der Waals surface area contributed by atoms with E-state index in [1.807, 2.05) is 102 Å². The van der Waals surface area contributed by atoms with Gasteiger partial charge in [-0.25, -0.2) is 5.43 Å². The Labute approximate surface area is 229 Å². The van der Waals surface area contributed by atoms with Crippen LogP contribution < -0.4 is 10.2 Å². The van der Waals surface area contributed by atoms with Crippen molar-refractivity contribution in [1.82, 2.24) is 20.2 Å². The second-order valence-corrected chi connectivity index (χ2v) is 9.43. The SMILES string of the molecule is O=C(CSc1nnc(-c2ccccc2)n1-c1ccc(Cl)cc1)NN=Cc1cccc(Oc2ccccc2)c1. The predicted octanol–water partition coefficient (Wildman–Crippen LogP) is 6.62. The third kappa shape index (κ3) is 6.47. The fraction of sp³-hybridized carbons (Fsp3) is 0.0345. The van der Waals surface area contributed by atoms with Crippen molar-refractivity contribution in [2.45, 2.75) is 5.16 Å². The van der Waals surface area contributed by atoms with Crippen LogP contribution >= 0.6 is 23.4 Å². The van der Waals surface area contributed by atoms with Crippen LogP contribution in [-0.4, -0.2) is 32.6 Å². The number of nitrogens with one attached hydrogen (secondary N) is 1. The van der Waals surface area contributed by atoms with Gasteiger partial charge in [-0.05, 0) is 54.1 Å². The zero-order chi connectivity index (χ0) is 26.2. The largest absolute Gasteiger partial charge is 0.457 e. The maximum Gasteiger partial charge on any atom is 0.250 e. The molecule has 5 rings (SSSR count). The molecule has 0 saturated carbocycles. The van der Waals surface area contributed by atoms with Crippen LogP contribution in [0, 0.1) is 0 Å². The highest BCUT2D eigenvalue weighted by Crippen LogP contribution is 2.28. The highest BCUT2D eigenvalue weighted by atomic mass is 35.5. The standard InChI is InChI=1S/C29H22ClN5O2S/c30-23-14-16-24(17-15-23)35-28(22-9-3-1-4-10-22)33-34-29(35)38-20-27(36)32-31-19-21-8-7-13-26(18-21)37-25-11-5-2-6-12-25/h1-19H,20H2,(H,32,36). The van der Waals surface area contributed by atoms with Crippen LogP contribution in [0.2, 0.25) is 5.02 Å². The van der Waals surface area contributed by atoms with Gasteiger partial charge < -0.3 is 4.74 Å². The van der Waals surface area contributed by atoms with Crippen molar-refractivity contribution in [1.29, 1.82) is 0 Å². The molecule has 0 bridgehead atoms. The van der Waals surface area contributed by atoms with Gasteiger partial charge in [-0.15, -0.1) is 10.2 Å². The number of aromatic nitrogens is 3. The van der Waals surface area contributed by atoms with Crippen LogP contribution in [0.3, 0.4) is 0 Å². The number of carbonyl (C=O) groups is 1. The molecule has 9 heteroatoms. The highest BCUT2D eigenvalue weighted by molar-refractivity contribution is 7.99. The number of carbonyl (C=O) groups excluding carboxylic acids is 1. The molecule has 0 saturated heterocycles. The quantitative estimate of drug-likeness (QED) is 0.129. The molecule has 0 fully saturated rings. The summed E-state index contributed by atoms with van der Waals surface area (Å²) in [4.78, 5) is 12.5. The lowest BCUT2D eigenvalue weighted by Crippen LogP contribution is -2.20. The summed E-state index contributed by atoms with van der Waals surface area (Å²) in [5.74, 6) is 1.93. The van der Waals surface area contributed by atoms with Crippen LogP contribution in [-0.2, 0) is 4.79 Å². The van der Waals surface area contributed by atoms with Crippen LogP contribution in [0.25, 0.3) is 17.1 Å². The topological polar surface area (TPSA) is 81.4 Å². The molecule has 0 aliphatic heterocycles. The Morgan fingerprint density at radius 2 is 1.61 bits per heavy atom. The van der Waals surface area contributed by atoms with Gasteiger partial charge in [0.05, 0.1) is 12.0 Å². The van der Waals surface area contributed by atoms with Gasteiger partial charge in [0.1, 0.15) is 11.5 Å². The second-order valence-electron chi connectivity index (χ2n) is 8.05. The maximum atomic E-state index is 12.5. The molecule has 0 spiro atoms. The Morgan fingerprint density at radius 3 is 2.37 bits per heavy atom. The smallest absolute Gasteiger partial charge is 0.250 e. The molecule has 1 amide bonds. The van der Waals surface area contributed by atoms with E-state index >= 15 is 0 Å². The summed E-state index contributed by atoms with van der Waals surface area (Å²) in [5.41, 5.74) is 5.12. The van der Waals surface area contributed by atoms with Crippen molar-refractivity contribution in [3.8, 4) is 28.6 Å². The normalized spacial score (nSPS) is 11.0. The third-order valence-electron chi connectivity index (χ3n) is 5.32. The molecule has 5 aromatic rings. The molecule has 0 aliphatic carbocycles. The van der Waals surface area contributed by atoms with Crippen LogP contribution in [0.15, 0.2) is 119 Å². The number of nitrogens with zero attached hydrogens (tertiary/aromatic N) is 4. The molecular weight excluding hydrogens is 518 g/mol. The predicted molar refractivity (Wildman–Crippen MR) is 151 cm³/mol. The molecule has 1 heterocycles. The first kappa shape index (κ1) is 25.3. The van der Waals surface area contributed by atoms with Crippen molar-refractivity contribution < 1.29 is 9.53 Å². The molecule has 7 nitrogen and oxygen atoms in total. The first-order valence-electron chi connectivity index (χ1n) is 11.7. The summed E-state index contributed by atoms with van der Waals surface area (Å²) < 4.78 is 7.76. The van der Waals surface area contributed by atoms with Crippen molar-refractivity contribution >= 4 is 35.5 Å². The van der Waals surface area contributed by atoms with Gasteiger partial charge in [-0.2, -0.15) is 5.10 Å². The summed E-state index contributed by atoms with van der Waals surface area (Å²) in [6.45, 7) is 0. The van der Waals surface area contributed by atoms with E-state index in [0.717, 1.165) is 22.6 Å². The summed E-state index contributed by atoms with van der Waals surface area (Å²) in [7, 11) is 0. The summed E-state index contributed by atoms with van der Waals surface area (Å²) >= 11 is 7.36. The van der Waals surface area contributed by atoms with Crippen molar-refractivity contribution in [3.05, 3.63) is 120 Å². The maximum absolute atomic E-state index is 12.5. The lowest BCUT2D eigenvalue weighted by molar-refractivity contribution is -0.118. The minimum absolute atomic E-state index is 0.106. The molecule has 0 aliphatic rings. The number of para-hydroxylation sites is 1. The number of hydrogen-bond acceptors (Lipinski definition) is 6. The molecule has 0 radical (unpaired) electrons. The van der Waals surface area contributed by atoms with Crippen molar-refractivity contribution in [2.24, 2.45) is 5.10 Å². The Bertz CT molecular complexity index is 1540. The van der Waals surface area contributed by atoms with Crippen LogP contribution in [0.5, 0.6) is 11.5 Å². The fourth-order valence-electron chi connectivity index (χ4n) is 3.58. The molecule has 38 heavy (non-hydrogen) atoms. The first-order valence-corrected chi connectivity index (χ1v) is 13.1. The molecule has 0 atom stereocenters. The number of thioether (sulfide) groups is 1. The summed E-state index contributed by atoms with van der Waals surface area (Å²) in [5, 5.41) is 14.0. The van der Waals surface area contributed by atoms with Gasteiger partial charge in [0.25, 0.3) is 5.91 Å². The fourth-order valence-corrected chi connectivity index (χ4v) is 4.45. The number of hydrogen-bond donors (Lipinski definition) is 1. The van der Waals surface area contributed by atoms with Gasteiger partial charge in [-0.1, -0.05) is 84.0 Å². The second kappa shape index (κ2) is 12.2. The van der Waals surface area contributed by atoms with E-state index < -0.39 is 0 Å². The Hall–Kier alpha value is -4.40. The molecule has 1 N–H and O–H groups in total. The van der Waals surface area contributed by atoms with Crippen molar-refractivity contribution in [3.63, 3.8) is 0 Å². The van der Waals surface area contributed by atoms with Gasteiger partial charge in [-0.3, -0.25) is 9.36 Å². The summed E-state index contributed by atoms with van der Waals surface area (Å²) in [6.07, 6.45) is 1.57. The van der Waals surface area contributed by atoms with E-state index in [0.29, 0.717) is 21.8 Å². The molecule has 0 unspecified atom stereocenters. The summed E-state index contributed by atoms with van der Waals surface area (Å²) in [6, 6.07) is 34.1. The molecule has 188 valence electrons. The van der Waals surface area contributed by atoms with Gasteiger partial charge >= 0.3 is 0 Å². The third-order valence-corrected chi connectivity index (χ3v) is 6.50. The zero-order valence-electron chi connectivity index (χ0n) is 20.1. The molecular formula is C29H22ClN5O2S. The number of ether oxygens (including phenoxy) is 1. The number of benzene rings is 4. The highest BCUT2D eigenvalue weighted by Gasteiger charge is 2.17. The lowest BCUT2D eigenvalue weighted by Gasteiger charge is -2.10. The average molecular weight is 540 g/mol. The number of rotatable bonds is 9.